The maximum absolute atomic E-state index is 10.5. The van der Waals surface area contributed by atoms with E-state index in [9.17, 15) is 10.1 Å². The molecule has 0 saturated carbocycles. The van der Waals surface area contributed by atoms with Crippen molar-refractivity contribution in [1.82, 2.24) is 0 Å². The molecule has 0 bridgehead atoms. The van der Waals surface area contributed by atoms with Gasteiger partial charge in [0.1, 0.15) is 4.87 Å². The van der Waals surface area contributed by atoms with E-state index in [0.29, 0.717) is 5.03 Å². The van der Waals surface area contributed by atoms with Gasteiger partial charge in [-0.1, -0.05) is 17.7 Å². The topological polar surface area (TPSA) is 43.1 Å². The van der Waals surface area contributed by atoms with E-state index in [0.717, 1.165) is 0 Å². The van der Waals surface area contributed by atoms with Crippen molar-refractivity contribution in [3.05, 3.63) is 33.4 Å². The lowest BCUT2D eigenvalue weighted by Gasteiger charge is -2.22. The highest BCUT2D eigenvalue weighted by atomic mass is 35.5. The van der Waals surface area contributed by atoms with Crippen LogP contribution >= 0.6 is 23.2 Å². The van der Waals surface area contributed by atoms with Gasteiger partial charge in [0.05, 0.1) is 0 Å². The summed E-state index contributed by atoms with van der Waals surface area (Å²) in [6.45, 7) is 1.58. The minimum atomic E-state index is -0.970. The summed E-state index contributed by atoms with van der Waals surface area (Å²) in [6.07, 6.45) is 4.44. The van der Waals surface area contributed by atoms with Crippen LogP contribution in [-0.4, -0.2) is 15.8 Å². The fraction of sp³-hybridized carbons (Fsp3) is 0.429. The first-order chi connectivity index (χ1) is 5.43. The zero-order valence-electron chi connectivity index (χ0n) is 6.33. The Morgan fingerprint density at radius 1 is 1.75 bits per heavy atom. The molecule has 12 heavy (non-hydrogen) atoms. The lowest BCUT2D eigenvalue weighted by atomic mass is 9.97. The Kier molecular flexibility index (Phi) is 2.44. The third-order valence-electron chi connectivity index (χ3n) is 1.69. The molecule has 0 fully saturated rings. The molecule has 3 nitrogen and oxygen atoms in total. The van der Waals surface area contributed by atoms with Crippen LogP contribution in [0.25, 0.3) is 0 Å². The van der Waals surface area contributed by atoms with Gasteiger partial charge in [0, 0.05) is 16.0 Å². The quantitative estimate of drug-likeness (QED) is 0.377. The van der Waals surface area contributed by atoms with E-state index in [4.69, 9.17) is 23.2 Å². The van der Waals surface area contributed by atoms with Gasteiger partial charge in [-0.25, -0.2) is 0 Å². The summed E-state index contributed by atoms with van der Waals surface area (Å²) in [5.74, 6) is 0. The van der Waals surface area contributed by atoms with Crippen LogP contribution in [0.1, 0.15) is 6.92 Å². The van der Waals surface area contributed by atoms with Gasteiger partial charge in [-0.15, -0.1) is 11.6 Å². The molecule has 2 unspecified atom stereocenters. The van der Waals surface area contributed by atoms with E-state index in [1.807, 2.05) is 0 Å². The zero-order valence-corrected chi connectivity index (χ0v) is 7.84. The molecular weight excluding hydrogens is 201 g/mol. The minimum Gasteiger partial charge on any atom is -0.264 e. The van der Waals surface area contributed by atoms with Gasteiger partial charge >= 0.3 is 0 Å². The summed E-state index contributed by atoms with van der Waals surface area (Å²) in [5, 5.41) is 10.9. The average molecular weight is 208 g/mol. The van der Waals surface area contributed by atoms with Crippen LogP contribution < -0.4 is 0 Å². The van der Waals surface area contributed by atoms with E-state index >= 15 is 0 Å². The monoisotopic (exact) mass is 207 g/mol. The van der Waals surface area contributed by atoms with Gasteiger partial charge in [-0.3, -0.25) is 10.1 Å². The number of halogens is 2. The predicted molar refractivity (Wildman–Crippen MR) is 48.1 cm³/mol. The summed E-state index contributed by atoms with van der Waals surface area (Å²) < 4.78 is 0. The molecule has 2 atom stereocenters. The summed E-state index contributed by atoms with van der Waals surface area (Å²) in [5.41, 5.74) is 0. The van der Waals surface area contributed by atoms with Crippen molar-refractivity contribution in [3.63, 3.8) is 0 Å². The van der Waals surface area contributed by atoms with Gasteiger partial charge < -0.3 is 0 Å². The molecule has 0 aromatic carbocycles. The van der Waals surface area contributed by atoms with Crippen molar-refractivity contribution in [3.8, 4) is 0 Å². The smallest absolute Gasteiger partial charge is 0.255 e. The Hall–Kier alpha value is -0.540. The standard InChI is InChI=1S/C7H7Cl2NO2/c1-7(9)3-2-5(8)4-6(7)10(11)12/h2-4,6H,1H3. The van der Waals surface area contributed by atoms with Gasteiger partial charge in [-0.2, -0.15) is 0 Å². The second-order valence-electron chi connectivity index (χ2n) is 2.77. The van der Waals surface area contributed by atoms with E-state index < -0.39 is 15.8 Å². The maximum Gasteiger partial charge on any atom is 0.255 e. The third-order valence-corrected chi connectivity index (χ3v) is 2.29. The van der Waals surface area contributed by atoms with Crippen LogP contribution in [0.2, 0.25) is 0 Å². The number of alkyl halides is 1. The normalized spacial score (nSPS) is 34.6. The van der Waals surface area contributed by atoms with Crippen LogP contribution in [0.4, 0.5) is 0 Å². The number of nitro groups is 1. The second kappa shape index (κ2) is 3.07. The number of hydrogen-bond donors (Lipinski definition) is 0. The summed E-state index contributed by atoms with van der Waals surface area (Å²) >= 11 is 11.5. The summed E-state index contributed by atoms with van der Waals surface area (Å²) in [7, 11) is 0. The van der Waals surface area contributed by atoms with Gasteiger partial charge in [-0.05, 0) is 13.0 Å². The first-order valence-corrected chi connectivity index (χ1v) is 4.08. The number of allylic oxidation sites excluding steroid dienone is 2. The van der Waals surface area contributed by atoms with Crippen molar-refractivity contribution in [2.75, 3.05) is 0 Å². The Morgan fingerprint density at radius 3 is 2.75 bits per heavy atom. The lowest BCUT2D eigenvalue weighted by molar-refractivity contribution is -0.513. The molecule has 66 valence electrons. The van der Waals surface area contributed by atoms with E-state index in [-0.39, 0.29) is 0 Å². The highest BCUT2D eigenvalue weighted by molar-refractivity contribution is 6.32. The van der Waals surface area contributed by atoms with E-state index in [1.54, 1.807) is 13.0 Å². The Bertz CT molecular complexity index is 271. The maximum atomic E-state index is 10.5. The molecule has 0 heterocycles. The largest absolute Gasteiger partial charge is 0.264 e. The Labute approximate surface area is 79.8 Å². The first kappa shape index (κ1) is 9.55. The van der Waals surface area contributed by atoms with Gasteiger partial charge in [0.15, 0.2) is 0 Å². The molecule has 0 spiro atoms. The van der Waals surface area contributed by atoms with Crippen LogP contribution in [0, 0.1) is 10.1 Å². The summed E-state index contributed by atoms with van der Waals surface area (Å²) in [4.78, 5) is 9.08. The van der Waals surface area contributed by atoms with Crippen LogP contribution in [0.3, 0.4) is 0 Å². The van der Waals surface area contributed by atoms with Crippen molar-refractivity contribution in [2.24, 2.45) is 0 Å². The fourth-order valence-corrected chi connectivity index (χ4v) is 1.37. The minimum absolute atomic E-state index is 0.356. The molecule has 1 rings (SSSR count). The molecule has 0 amide bonds. The van der Waals surface area contributed by atoms with Crippen molar-refractivity contribution < 1.29 is 4.92 Å². The molecule has 0 aromatic rings. The molecule has 0 aromatic heterocycles. The molecule has 0 aliphatic heterocycles. The van der Waals surface area contributed by atoms with E-state index in [2.05, 4.69) is 0 Å². The number of rotatable bonds is 1. The molecule has 1 aliphatic rings. The van der Waals surface area contributed by atoms with Crippen molar-refractivity contribution in [1.29, 1.82) is 0 Å². The number of hydrogen-bond acceptors (Lipinski definition) is 2. The fourth-order valence-electron chi connectivity index (χ4n) is 0.977. The molecule has 0 radical (unpaired) electrons. The summed E-state index contributed by atoms with van der Waals surface area (Å²) in [6, 6.07) is -0.948. The average Bonchev–Trinajstić information content (AvgIpc) is 1.94. The first-order valence-electron chi connectivity index (χ1n) is 3.32. The second-order valence-corrected chi connectivity index (χ2v) is 4.02. The van der Waals surface area contributed by atoms with Crippen LogP contribution in [-0.2, 0) is 0 Å². The van der Waals surface area contributed by atoms with Crippen molar-refractivity contribution >= 4 is 23.2 Å². The van der Waals surface area contributed by atoms with Crippen molar-refractivity contribution in [2.45, 2.75) is 17.8 Å². The molecular formula is C7H7Cl2NO2. The van der Waals surface area contributed by atoms with Gasteiger partial charge in [0.2, 0.25) is 0 Å². The highest BCUT2D eigenvalue weighted by Gasteiger charge is 2.39. The number of nitrogens with zero attached hydrogens (tertiary/aromatic N) is 1. The third kappa shape index (κ3) is 1.79. The molecule has 5 heteroatoms. The SMILES string of the molecule is CC1(Cl)C=CC(Cl)=CC1[N+](=O)[O-]. The highest BCUT2D eigenvalue weighted by Crippen LogP contribution is 2.30. The predicted octanol–water partition coefficient (Wildman–Crippen LogP) is 2.32. The van der Waals surface area contributed by atoms with Crippen LogP contribution in [0.5, 0.6) is 0 Å². The Morgan fingerprint density at radius 2 is 2.33 bits per heavy atom. The van der Waals surface area contributed by atoms with Gasteiger partial charge in [0.25, 0.3) is 6.04 Å². The lowest BCUT2D eigenvalue weighted by Crippen LogP contribution is -2.38. The van der Waals surface area contributed by atoms with Crippen LogP contribution in [0.15, 0.2) is 23.3 Å². The van der Waals surface area contributed by atoms with E-state index in [1.165, 1.54) is 12.2 Å². The Balaban J connectivity index is 2.98. The molecule has 1 aliphatic carbocycles. The zero-order chi connectivity index (χ0) is 9.35. The molecule has 0 N–H and O–H groups in total. The molecule has 0 saturated heterocycles.